The van der Waals surface area contributed by atoms with E-state index in [1.54, 1.807) is 13.8 Å². The van der Waals surface area contributed by atoms with Crippen molar-refractivity contribution in [3.63, 3.8) is 0 Å². The van der Waals surface area contributed by atoms with Crippen molar-refractivity contribution in [1.29, 1.82) is 0 Å². The summed E-state index contributed by atoms with van der Waals surface area (Å²) < 4.78 is 0. The highest BCUT2D eigenvalue weighted by molar-refractivity contribution is 7.98. The number of carbonyl (C=O) groups excluding carboxylic acids is 1. The zero-order chi connectivity index (χ0) is 14.7. The molecule has 1 unspecified atom stereocenters. The second-order valence-electron chi connectivity index (χ2n) is 4.17. The van der Waals surface area contributed by atoms with Gasteiger partial charge in [-0.05, 0) is 27.0 Å². The van der Waals surface area contributed by atoms with Gasteiger partial charge in [0.25, 0.3) is 5.91 Å². The molecule has 1 atom stereocenters. The summed E-state index contributed by atoms with van der Waals surface area (Å²) in [5.41, 5.74) is 0.931. The number of aryl methyl sites for hydroxylation is 2. The van der Waals surface area contributed by atoms with Crippen LogP contribution in [0.4, 0.5) is 0 Å². The van der Waals surface area contributed by atoms with Gasteiger partial charge in [-0.25, -0.2) is 14.8 Å². The summed E-state index contributed by atoms with van der Waals surface area (Å²) in [5, 5.41) is 9.53. The Morgan fingerprint density at radius 3 is 2.37 bits per heavy atom. The van der Waals surface area contributed by atoms with Crippen LogP contribution in [0.3, 0.4) is 0 Å². The van der Waals surface area contributed by atoms with Crippen LogP contribution < -0.4 is 0 Å². The van der Waals surface area contributed by atoms with Crippen LogP contribution in [-0.2, 0) is 4.79 Å². The van der Waals surface area contributed by atoms with Crippen LogP contribution >= 0.6 is 11.8 Å². The molecule has 1 amide bonds. The van der Waals surface area contributed by atoms with E-state index < -0.39 is 12.0 Å². The molecule has 0 saturated carbocycles. The van der Waals surface area contributed by atoms with Gasteiger partial charge in [0.05, 0.1) is 11.3 Å². The number of thioether (sulfide) groups is 1. The molecule has 0 spiro atoms. The summed E-state index contributed by atoms with van der Waals surface area (Å²) in [7, 11) is 1.46. The molecule has 7 heteroatoms. The predicted molar refractivity (Wildman–Crippen MR) is 72.5 cm³/mol. The molecule has 0 aliphatic rings. The zero-order valence-electron chi connectivity index (χ0n) is 11.6. The quantitative estimate of drug-likeness (QED) is 0.663. The summed E-state index contributed by atoms with van der Waals surface area (Å²) in [6.45, 7) is 4.94. The van der Waals surface area contributed by atoms with Gasteiger partial charge in [0, 0.05) is 7.05 Å². The van der Waals surface area contributed by atoms with Gasteiger partial charge >= 0.3 is 5.97 Å². The second kappa shape index (κ2) is 6.01. The summed E-state index contributed by atoms with van der Waals surface area (Å²) in [5.74, 6) is -0.837. The standard InChI is InChI=1S/C12H17N3O3S/c1-6-9(10(19-5)14-8(3)13-6)11(16)15(4)7(2)12(17)18/h7H,1-5H3,(H,17,18). The van der Waals surface area contributed by atoms with Gasteiger partial charge in [-0.15, -0.1) is 11.8 Å². The normalized spacial score (nSPS) is 12.1. The van der Waals surface area contributed by atoms with E-state index in [2.05, 4.69) is 9.97 Å². The zero-order valence-corrected chi connectivity index (χ0v) is 12.4. The van der Waals surface area contributed by atoms with Gasteiger partial charge in [0.2, 0.25) is 0 Å². The molecule has 0 aromatic carbocycles. The third-order valence-electron chi connectivity index (χ3n) is 2.83. The van der Waals surface area contributed by atoms with Crippen LogP contribution in [-0.4, -0.2) is 51.2 Å². The molecule has 0 radical (unpaired) electrons. The first-order valence-corrected chi connectivity index (χ1v) is 6.91. The van der Waals surface area contributed by atoms with Crippen molar-refractivity contribution in [2.45, 2.75) is 31.8 Å². The molecule has 0 saturated heterocycles. The van der Waals surface area contributed by atoms with Crippen LogP contribution in [0.1, 0.15) is 28.8 Å². The largest absolute Gasteiger partial charge is 0.480 e. The molecule has 104 valence electrons. The Morgan fingerprint density at radius 2 is 1.89 bits per heavy atom. The smallest absolute Gasteiger partial charge is 0.326 e. The van der Waals surface area contributed by atoms with E-state index in [-0.39, 0.29) is 5.91 Å². The highest BCUT2D eigenvalue weighted by Gasteiger charge is 2.27. The molecule has 1 aromatic heterocycles. The second-order valence-corrected chi connectivity index (χ2v) is 4.97. The Balaban J connectivity index is 3.23. The summed E-state index contributed by atoms with van der Waals surface area (Å²) >= 11 is 1.34. The minimum absolute atomic E-state index is 0.369. The molecule has 1 heterocycles. The first kappa shape index (κ1) is 15.4. The summed E-state index contributed by atoms with van der Waals surface area (Å²) in [6.07, 6.45) is 1.82. The lowest BCUT2D eigenvalue weighted by atomic mass is 10.2. The highest BCUT2D eigenvalue weighted by atomic mass is 32.2. The van der Waals surface area contributed by atoms with Crippen molar-refractivity contribution < 1.29 is 14.7 Å². The van der Waals surface area contributed by atoms with Crippen molar-refractivity contribution in [2.75, 3.05) is 13.3 Å². The van der Waals surface area contributed by atoms with Crippen LogP contribution in [0.5, 0.6) is 0 Å². The number of hydrogen-bond acceptors (Lipinski definition) is 5. The average Bonchev–Trinajstić information content (AvgIpc) is 2.34. The highest BCUT2D eigenvalue weighted by Crippen LogP contribution is 2.22. The van der Waals surface area contributed by atoms with Crippen molar-refractivity contribution in [3.8, 4) is 0 Å². The number of nitrogens with zero attached hydrogens (tertiary/aromatic N) is 3. The monoisotopic (exact) mass is 283 g/mol. The van der Waals surface area contributed by atoms with Gasteiger partial charge in [-0.1, -0.05) is 0 Å². The molecular formula is C12H17N3O3S. The van der Waals surface area contributed by atoms with Crippen molar-refractivity contribution >= 4 is 23.6 Å². The Kier molecular flexibility index (Phi) is 4.88. The molecule has 6 nitrogen and oxygen atoms in total. The molecular weight excluding hydrogens is 266 g/mol. The SMILES string of the molecule is CSc1nc(C)nc(C)c1C(=O)N(C)C(C)C(=O)O. The number of carboxylic acid groups (broad SMARTS) is 1. The number of hydrogen-bond donors (Lipinski definition) is 1. The fourth-order valence-electron chi connectivity index (χ4n) is 1.59. The van der Waals surface area contributed by atoms with E-state index >= 15 is 0 Å². The van der Waals surface area contributed by atoms with Crippen molar-refractivity contribution in [1.82, 2.24) is 14.9 Å². The first-order chi connectivity index (χ1) is 8.79. The van der Waals surface area contributed by atoms with E-state index in [0.717, 1.165) is 0 Å². The number of aromatic nitrogens is 2. The maximum atomic E-state index is 12.4. The topological polar surface area (TPSA) is 83.4 Å². The van der Waals surface area contributed by atoms with Crippen LogP contribution in [0.25, 0.3) is 0 Å². The maximum Gasteiger partial charge on any atom is 0.326 e. The van der Waals surface area contributed by atoms with E-state index in [0.29, 0.717) is 22.1 Å². The number of likely N-dealkylation sites (N-methyl/N-ethyl adjacent to an activating group) is 1. The Labute approximate surface area is 116 Å². The van der Waals surface area contributed by atoms with E-state index in [4.69, 9.17) is 5.11 Å². The number of amides is 1. The molecule has 0 aliphatic heterocycles. The van der Waals surface area contributed by atoms with E-state index in [9.17, 15) is 9.59 Å². The molecule has 1 rings (SSSR count). The van der Waals surface area contributed by atoms with Crippen LogP contribution in [0, 0.1) is 13.8 Å². The molecule has 0 fully saturated rings. The first-order valence-electron chi connectivity index (χ1n) is 5.68. The average molecular weight is 283 g/mol. The van der Waals surface area contributed by atoms with Crippen molar-refractivity contribution in [3.05, 3.63) is 17.1 Å². The molecule has 0 aliphatic carbocycles. The Morgan fingerprint density at radius 1 is 1.32 bits per heavy atom. The van der Waals surface area contributed by atoms with Crippen molar-refractivity contribution in [2.24, 2.45) is 0 Å². The fourth-order valence-corrected chi connectivity index (χ4v) is 2.26. The van der Waals surface area contributed by atoms with Gasteiger partial charge in [-0.3, -0.25) is 4.79 Å². The van der Waals surface area contributed by atoms with Gasteiger partial charge in [-0.2, -0.15) is 0 Å². The maximum absolute atomic E-state index is 12.4. The van der Waals surface area contributed by atoms with Gasteiger partial charge in [0.1, 0.15) is 16.9 Å². The van der Waals surface area contributed by atoms with Gasteiger partial charge in [0.15, 0.2) is 0 Å². The summed E-state index contributed by atoms with van der Waals surface area (Å²) in [6, 6.07) is -0.900. The minimum Gasteiger partial charge on any atom is -0.480 e. The van der Waals surface area contributed by atoms with Crippen LogP contribution in [0.15, 0.2) is 5.03 Å². The molecule has 0 bridgehead atoms. The molecule has 1 aromatic rings. The fraction of sp³-hybridized carbons (Fsp3) is 0.500. The number of aliphatic carboxylic acids is 1. The third-order valence-corrected chi connectivity index (χ3v) is 3.52. The lowest BCUT2D eigenvalue weighted by Gasteiger charge is -2.23. The lowest BCUT2D eigenvalue weighted by molar-refractivity contribution is -0.141. The summed E-state index contributed by atoms with van der Waals surface area (Å²) in [4.78, 5) is 32.9. The third kappa shape index (κ3) is 3.23. The number of rotatable bonds is 4. The minimum atomic E-state index is -1.05. The van der Waals surface area contributed by atoms with E-state index in [1.807, 2.05) is 6.26 Å². The lowest BCUT2D eigenvalue weighted by Crippen LogP contribution is -2.40. The van der Waals surface area contributed by atoms with Gasteiger partial charge < -0.3 is 10.0 Å². The molecule has 19 heavy (non-hydrogen) atoms. The Bertz CT molecular complexity index is 519. The molecule has 1 N–H and O–H groups in total. The number of carboxylic acids is 1. The Hall–Kier alpha value is -1.63. The number of carbonyl (C=O) groups is 2. The van der Waals surface area contributed by atoms with Crippen LogP contribution in [0.2, 0.25) is 0 Å². The predicted octanol–water partition coefficient (Wildman–Crippen LogP) is 1.36. The van der Waals surface area contributed by atoms with E-state index in [1.165, 1.54) is 30.6 Å².